The molecule has 1 aromatic rings. The highest BCUT2D eigenvalue weighted by Gasteiger charge is 2.42. The molecule has 1 amide bonds. The zero-order valence-electron chi connectivity index (χ0n) is 10.5. The van der Waals surface area contributed by atoms with Crippen LogP contribution in [0.2, 0.25) is 5.02 Å². The summed E-state index contributed by atoms with van der Waals surface area (Å²) in [6.45, 7) is -0.346. The summed E-state index contributed by atoms with van der Waals surface area (Å²) in [5.41, 5.74) is 0.251. The molecular formula is C14H16ClNO3. The van der Waals surface area contributed by atoms with Gasteiger partial charge >= 0.3 is 5.97 Å². The lowest BCUT2D eigenvalue weighted by atomic mass is 9.78. The molecule has 1 aliphatic carbocycles. The van der Waals surface area contributed by atoms with Crippen molar-refractivity contribution in [1.29, 1.82) is 0 Å². The predicted octanol–water partition coefficient (Wildman–Crippen LogP) is 2.35. The molecule has 0 radical (unpaired) electrons. The molecule has 0 aromatic heterocycles. The van der Waals surface area contributed by atoms with Crippen LogP contribution < -0.4 is 5.32 Å². The third-order valence-electron chi connectivity index (χ3n) is 3.67. The molecule has 1 aliphatic rings. The van der Waals surface area contributed by atoms with E-state index in [1.165, 1.54) is 0 Å². The topological polar surface area (TPSA) is 66.4 Å². The fraction of sp³-hybridized carbons (Fsp3) is 0.429. The van der Waals surface area contributed by atoms with E-state index in [1.54, 1.807) is 12.1 Å². The first-order valence-electron chi connectivity index (χ1n) is 6.31. The van der Waals surface area contributed by atoms with Gasteiger partial charge in [0.2, 0.25) is 5.91 Å². The number of rotatable bonds is 4. The molecule has 0 heterocycles. The number of hydrogen-bond donors (Lipinski definition) is 2. The highest BCUT2D eigenvalue weighted by molar-refractivity contribution is 6.30. The number of hydrogen-bond acceptors (Lipinski definition) is 2. The number of carboxylic acid groups (broad SMARTS) is 1. The van der Waals surface area contributed by atoms with Gasteiger partial charge in [0.25, 0.3) is 0 Å². The maximum absolute atomic E-state index is 12.4. The molecule has 2 rings (SSSR count). The Morgan fingerprint density at radius 1 is 1.32 bits per heavy atom. The van der Waals surface area contributed by atoms with Crippen LogP contribution in [0.4, 0.5) is 0 Å². The fourth-order valence-corrected chi connectivity index (χ4v) is 2.93. The highest BCUT2D eigenvalue weighted by Crippen LogP contribution is 2.41. The van der Waals surface area contributed by atoms with Crippen LogP contribution in [0.15, 0.2) is 24.3 Å². The van der Waals surface area contributed by atoms with Crippen molar-refractivity contribution < 1.29 is 14.7 Å². The van der Waals surface area contributed by atoms with Gasteiger partial charge in [0, 0.05) is 5.02 Å². The smallest absolute Gasteiger partial charge is 0.322 e. The number of carbonyl (C=O) groups is 2. The van der Waals surface area contributed by atoms with Gasteiger partial charge in [-0.2, -0.15) is 0 Å². The van der Waals surface area contributed by atoms with Gasteiger partial charge in [-0.05, 0) is 30.5 Å². The van der Waals surface area contributed by atoms with E-state index in [0.717, 1.165) is 31.2 Å². The van der Waals surface area contributed by atoms with E-state index in [4.69, 9.17) is 16.7 Å². The van der Waals surface area contributed by atoms with Gasteiger partial charge in [-0.3, -0.25) is 9.59 Å². The Morgan fingerprint density at radius 3 is 2.58 bits per heavy atom. The molecule has 0 bridgehead atoms. The molecule has 102 valence electrons. The van der Waals surface area contributed by atoms with Crippen LogP contribution in [-0.4, -0.2) is 23.5 Å². The number of benzene rings is 1. The Balaban J connectivity index is 2.27. The number of halogens is 1. The lowest BCUT2D eigenvalue weighted by Crippen LogP contribution is -2.44. The highest BCUT2D eigenvalue weighted by atomic mass is 35.5. The summed E-state index contributed by atoms with van der Waals surface area (Å²) in [5.74, 6) is -1.25. The van der Waals surface area contributed by atoms with Crippen LogP contribution in [0.1, 0.15) is 31.2 Å². The first kappa shape index (κ1) is 13.9. The SMILES string of the molecule is O=C(O)CNC(=O)C1(c2cccc(Cl)c2)CCCC1. The second-order valence-electron chi connectivity index (χ2n) is 4.88. The van der Waals surface area contributed by atoms with E-state index in [2.05, 4.69) is 5.32 Å². The summed E-state index contributed by atoms with van der Waals surface area (Å²) >= 11 is 5.99. The molecule has 1 aromatic carbocycles. The summed E-state index contributed by atoms with van der Waals surface area (Å²) in [6, 6.07) is 7.27. The number of carbonyl (C=O) groups excluding carboxylic acids is 1. The van der Waals surface area contributed by atoms with E-state index in [0.29, 0.717) is 5.02 Å². The average Bonchev–Trinajstić information content (AvgIpc) is 2.86. The van der Waals surface area contributed by atoms with Crippen molar-refractivity contribution in [1.82, 2.24) is 5.32 Å². The van der Waals surface area contributed by atoms with Gasteiger partial charge in [0.1, 0.15) is 6.54 Å². The molecule has 0 saturated heterocycles. The normalized spacial score (nSPS) is 17.1. The Hall–Kier alpha value is -1.55. The molecule has 19 heavy (non-hydrogen) atoms. The quantitative estimate of drug-likeness (QED) is 0.890. The van der Waals surface area contributed by atoms with Gasteiger partial charge in [0.15, 0.2) is 0 Å². The van der Waals surface area contributed by atoms with Crippen molar-refractivity contribution in [2.75, 3.05) is 6.54 Å². The summed E-state index contributed by atoms with van der Waals surface area (Å²) in [4.78, 5) is 22.9. The molecule has 0 atom stereocenters. The van der Waals surface area contributed by atoms with Gasteiger partial charge in [-0.1, -0.05) is 36.6 Å². The molecule has 0 spiro atoms. The lowest BCUT2D eigenvalue weighted by molar-refractivity contribution is -0.138. The van der Waals surface area contributed by atoms with E-state index in [-0.39, 0.29) is 12.5 Å². The third kappa shape index (κ3) is 2.89. The summed E-state index contributed by atoms with van der Waals surface area (Å²) in [7, 11) is 0. The Kier molecular flexibility index (Phi) is 4.10. The summed E-state index contributed by atoms with van der Waals surface area (Å²) in [5, 5.41) is 11.8. The zero-order chi connectivity index (χ0) is 13.9. The maximum atomic E-state index is 12.4. The van der Waals surface area contributed by atoms with Crippen molar-refractivity contribution >= 4 is 23.5 Å². The number of aliphatic carboxylic acids is 1. The Labute approximate surface area is 116 Å². The molecular weight excluding hydrogens is 266 g/mol. The van der Waals surface area contributed by atoms with E-state index >= 15 is 0 Å². The van der Waals surface area contributed by atoms with Gasteiger partial charge in [-0.15, -0.1) is 0 Å². The molecule has 1 saturated carbocycles. The van der Waals surface area contributed by atoms with E-state index in [1.807, 2.05) is 12.1 Å². The van der Waals surface area contributed by atoms with Crippen molar-refractivity contribution in [3.63, 3.8) is 0 Å². The van der Waals surface area contributed by atoms with Crippen LogP contribution in [0.3, 0.4) is 0 Å². The molecule has 0 unspecified atom stereocenters. The first-order valence-corrected chi connectivity index (χ1v) is 6.68. The van der Waals surface area contributed by atoms with E-state index in [9.17, 15) is 9.59 Å². The predicted molar refractivity (Wildman–Crippen MR) is 72.2 cm³/mol. The van der Waals surface area contributed by atoms with E-state index < -0.39 is 11.4 Å². The van der Waals surface area contributed by atoms with Crippen LogP contribution in [-0.2, 0) is 15.0 Å². The second-order valence-corrected chi connectivity index (χ2v) is 5.31. The van der Waals surface area contributed by atoms with Crippen molar-refractivity contribution in [2.45, 2.75) is 31.1 Å². The van der Waals surface area contributed by atoms with Crippen molar-refractivity contribution in [3.8, 4) is 0 Å². The average molecular weight is 282 g/mol. The third-order valence-corrected chi connectivity index (χ3v) is 3.90. The first-order chi connectivity index (χ1) is 9.04. The monoisotopic (exact) mass is 281 g/mol. The van der Waals surface area contributed by atoms with Crippen molar-refractivity contribution in [3.05, 3.63) is 34.9 Å². The Morgan fingerprint density at radius 2 is 2.00 bits per heavy atom. The summed E-state index contributed by atoms with van der Waals surface area (Å²) < 4.78 is 0. The van der Waals surface area contributed by atoms with Gasteiger partial charge in [-0.25, -0.2) is 0 Å². The molecule has 4 nitrogen and oxygen atoms in total. The maximum Gasteiger partial charge on any atom is 0.322 e. The Bertz CT molecular complexity index is 495. The van der Waals surface area contributed by atoms with Gasteiger partial charge < -0.3 is 10.4 Å². The van der Waals surface area contributed by atoms with Crippen LogP contribution in [0, 0.1) is 0 Å². The van der Waals surface area contributed by atoms with Crippen LogP contribution in [0.25, 0.3) is 0 Å². The number of carboxylic acids is 1. The standard InChI is InChI=1S/C14H16ClNO3/c15-11-5-3-4-10(8-11)14(6-1-2-7-14)13(19)16-9-12(17)18/h3-5,8H,1-2,6-7,9H2,(H,16,19)(H,17,18). The zero-order valence-corrected chi connectivity index (χ0v) is 11.2. The second kappa shape index (κ2) is 5.61. The molecule has 2 N–H and O–H groups in total. The number of amides is 1. The number of nitrogens with one attached hydrogen (secondary N) is 1. The fourth-order valence-electron chi connectivity index (χ4n) is 2.74. The lowest BCUT2D eigenvalue weighted by Gasteiger charge is -2.28. The van der Waals surface area contributed by atoms with Crippen molar-refractivity contribution in [2.24, 2.45) is 0 Å². The minimum Gasteiger partial charge on any atom is -0.480 e. The van der Waals surface area contributed by atoms with Crippen LogP contribution in [0.5, 0.6) is 0 Å². The minimum atomic E-state index is -1.03. The van der Waals surface area contributed by atoms with Gasteiger partial charge in [0.05, 0.1) is 5.41 Å². The van der Waals surface area contributed by atoms with Crippen LogP contribution >= 0.6 is 11.6 Å². The molecule has 1 fully saturated rings. The molecule has 5 heteroatoms. The largest absolute Gasteiger partial charge is 0.480 e. The minimum absolute atomic E-state index is 0.213. The molecule has 0 aliphatic heterocycles. The summed E-state index contributed by atoms with van der Waals surface area (Å²) in [6.07, 6.45) is 3.40.